The van der Waals surface area contributed by atoms with Crippen LogP contribution in [0.1, 0.15) is 10.6 Å². The van der Waals surface area contributed by atoms with Gasteiger partial charge in [-0.3, -0.25) is 9.59 Å². The first-order valence-corrected chi connectivity index (χ1v) is 8.65. The maximum absolute atomic E-state index is 12.0. The normalized spacial score (nSPS) is 10.2. The standard InChI is InChI=1S/C19H16BrN3O3/c20-17-10-9-16(26-17)19(25)21-12-18(24)23-15-8-4-7-14(11-15)22-13-5-2-1-3-6-13/h1-11,22H,12H2,(H,21,25)(H,23,24). The van der Waals surface area contributed by atoms with Crippen molar-refractivity contribution in [1.82, 2.24) is 5.32 Å². The Morgan fingerprint density at radius 1 is 0.885 bits per heavy atom. The molecule has 0 spiro atoms. The molecule has 3 N–H and O–H groups in total. The molecule has 0 atom stereocenters. The van der Waals surface area contributed by atoms with Crippen LogP contribution < -0.4 is 16.0 Å². The maximum Gasteiger partial charge on any atom is 0.287 e. The van der Waals surface area contributed by atoms with Crippen molar-refractivity contribution in [3.63, 3.8) is 0 Å². The van der Waals surface area contributed by atoms with Crippen molar-refractivity contribution in [2.75, 3.05) is 17.2 Å². The highest BCUT2D eigenvalue weighted by Gasteiger charge is 2.12. The smallest absolute Gasteiger partial charge is 0.287 e. The number of furan rings is 1. The summed E-state index contributed by atoms with van der Waals surface area (Å²) in [7, 11) is 0. The number of hydrogen-bond acceptors (Lipinski definition) is 4. The van der Waals surface area contributed by atoms with Crippen molar-refractivity contribution in [1.29, 1.82) is 0 Å². The van der Waals surface area contributed by atoms with E-state index in [0.717, 1.165) is 11.4 Å². The molecule has 26 heavy (non-hydrogen) atoms. The van der Waals surface area contributed by atoms with Gasteiger partial charge in [0.1, 0.15) is 0 Å². The molecule has 3 aromatic rings. The summed E-state index contributed by atoms with van der Waals surface area (Å²) in [5.74, 6) is -0.648. The fourth-order valence-corrected chi connectivity index (χ4v) is 2.56. The van der Waals surface area contributed by atoms with E-state index in [1.54, 1.807) is 12.1 Å². The van der Waals surface area contributed by atoms with Crippen LogP contribution in [0.4, 0.5) is 17.1 Å². The number of anilines is 3. The summed E-state index contributed by atoms with van der Waals surface area (Å²) in [5, 5.41) is 8.51. The summed E-state index contributed by atoms with van der Waals surface area (Å²) in [6, 6.07) is 20.2. The van der Waals surface area contributed by atoms with Crippen molar-refractivity contribution < 1.29 is 14.0 Å². The lowest BCUT2D eigenvalue weighted by molar-refractivity contribution is -0.115. The summed E-state index contributed by atoms with van der Waals surface area (Å²) < 4.78 is 5.59. The second-order valence-electron chi connectivity index (χ2n) is 5.41. The third kappa shape index (κ3) is 4.97. The predicted octanol–water partition coefficient (Wildman–Crippen LogP) is 4.15. The first-order chi connectivity index (χ1) is 12.6. The Bertz CT molecular complexity index is 909. The molecular formula is C19H16BrN3O3. The zero-order valence-corrected chi connectivity index (χ0v) is 15.2. The molecule has 6 nitrogen and oxygen atoms in total. The van der Waals surface area contributed by atoms with Crippen LogP contribution in [-0.4, -0.2) is 18.4 Å². The molecule has 0 saturated carbocycles. The van der Waals surface area contributed by atoms with Gasteiger partial charge < -0.3 is 20.4 Å². The zero-order valence-electron chi connectivity index (χ0n) is 13.7. The van der Waals surface area contributed by atoms with E-state index in [0.29, 0.717) is 10.4 Å². The van der Waals surface area contributed by atoms with Crippen molar-refractivity contribution >= 4 is 44.8 Å². The SMILES string of the molecule is O=C(CNC(=O)c1ccc(Br)o1)Nc1cccc(Nc2ccccc2)c1. The topological polar surface area (TPSA) is 83.4 Å². The molecule has 0 aliphatic rings. The van der Waals surface area contributed by atoms with Gasteiger partial charge in [-0.25, -0.2) is 0 Å². The first-order valence-electron chi connectivity index (χ1n) is 7.86. The highest BCUT2D eigenvalue weighted by Crippen LogP contribution is 2.19. The van der Waals surface area contributed by atoms with Crippen molar-refractivity contribution in [3.8, 4) is 0 Å². The van der Waals surface area contributed by atoms with E-state index < -0.39 is 5.91 Å². The summed E-state index contributed by atoms with van der Waals surface area (Å²) in [4.78, 5) is 23.9. The molecule has 1 heterocycles. The lowest BCUT2D eigenvalue weighted by Crippen LogP contribution is -2.32. The number of amides is 2. The van der Waals surface area contributed by atoms with Crippen LogP contribution in [0.5, 0.6) is 0 Å². The Morgan fingerprint density at radius 3 is 2.35 bits per heavy atom. The van der Waals surface area contributed by atoms with Crippen LogP contribution in [0.15, 0.2) is 75.8 Å². The van der Waals surface area contributed by atoms with Crippen molar-refractivity contribution in [2.45, 2.75) is 0 Å². The monoisotopic (exact) mass is 413 g/mol. The number of para-hydroxylation sites is 1. The number of carbonyl (C=O) groups excluding carboxylic acids is 2. The van der Waals surface area contributed by atoms with E-state index in [9.17, 15) is 9.59 Å². The quantitative estimate of drug-likeness (QED) is 0.566. The van der Waals surface area contributed by atoms with E-state index in [2.05, 4.69) is 31.9 Å². The Hall–Kier alpha value is -3.06. The molecular weight excluding hydrogens is 398 g/mol. The van der Waals surface area contributed by atoms with Crippen LogP contribution in [0.2, 0.25) is 0 Å². The van der Waals surface area contributed by atoms with E-state index in [1.807, 2.05) is 48.5 Å². The number of halogens is 1. The Kier molecular flexibility index (Phi) is 5.70. The zero-order chi connectivity index (χ0) is 18.4. The average Bonchev–Trinajstić information content (AvgIpc) is 3.07. The lowest BCUT2D eigenvalue weighted by atomic mass is 10.2. The molecule has 3 rings (SSSR count). The lowest BCUT2D eigenvalue weighted by Gasteiger charge is -2.10. The second kappa shape index (κ2) is 8.35. The van der Waals surface area contributed by atoms with Gasteiger partial charge in [0.05, 0.1) is 6.54 Å². The highest BCUT2D eigenvalue weighted by atomic mass is 79.9. The van der Waals surface area contributed by atoms with Crippen molar-refractivity contribution in [2.24, 2.45) is 0 Å². The van der Waals surface area contributed by atoms with Gasteiger partial charge in [0.25, 0.3) is 5.91 Å². The largest absolute Gasteiger partial charge is 0.444 e. The van der Waals surface area contributed by atoms with Crippen LogP contribution in [0, 0.1) is 0 Å². The molecule has 2 aromatic carbocycles. The maximum atomic E-state index is 12.0. The highest BCUT2D eigenvalue weighted by molar-refractivity contribution is 9.10. The third-order valence-corrected chi connectivity index (χ3v) is 3.84. The molecule has 132 valence electrons. The first kappa shape index (κ1) is 17.8. The van der Waals surface area contributed by atoms with Gasteiger partial charge in [0, 0.05) is 17.1 Å². The van der Waals surface area contributed by atoms with Gasteiger partial charge in [-0.2, -0.15) is 0 Å². The van der Waals surface area contributed by atoms with Crippen LogP contribution in [-0.2, 0) is 4.79 Å². The number of nitrogens with one attached hydrogen (secondary N) is 3. The molecule has 2 amide bonds. The minimum absolute atomic E-state index is 0.138. The average molecular weight is 414 g/mol. The third-order valence-electron chi connectivity index (χ3n) is 3.42. The van der Waals surface area contributed by atoms with Gasteiger partial charge >= 0.3 is 0 Å². The van der Waals surface area contributed by atoms with Gasteiger partial charge in [0.2, 0.25) is 5.91 Å². The molecule has 0 aliphatic carbocycles. The number of benzene rings is 2. The predicted molar refractivity (Wildman–Crippen MR) is 104 cm³/mol. The fourth-order valence-electron chi connectivity index (χ4n) is 2.25. The summed E-state index contributed by atoms with van der Waals surface area (Å²) in [6.45, 7) is -0.159. The molecule has 0 fully saturated rings. The summed E-state index contributed by atoms with van der Waals surface area (Å²) >= 11 is 3.12. The molecule has 0 saturated heterocycles. The number of rotatable bonds is 6. The number of carbonyl (C=O) groups is 2. The summed E-state index contributed by atoms with van der Waals surface area (Å²) in [5.41, 5.74) is 2.43. The molecule has 0 bridgehead atoms. The van der Waals surface area contributed by atoms with Gasteiger partial charge in [-0.05, 0) is 58.4 Å². The Balaban J connectivity index is 1.54. The Labute approximate surface area is 158 Å². The second-order valence-corrected chi connectivity index (χ2v) is 6.19. The van der Waals surface area contributed by atoms with Crippen molar-refractivity contribution in [3.05, 3.63) is 77.2 Å². The van der Waals surface area contributed by atoms with Crippen LogP contribution in [0.3, 0.4) is 0 Å². The summed E-state index contributed by atoms with van der Waals surface area (Å²) in [6.07, 6.45) is 0. The Morgan fingerprint density at radius 2 is 1.62 bits per heavy atom. The van der Waals surface area contributed by atoms with E-state index in [4.69, 9.17) is 4.42 Å². The molecule has 0 radical (unpaired) electrons. The molecule has 1 aromatic heterocycles. The van der Waals surface area contributed by atoms with E-state index in [1.165, 1.54) is 6.07 Å². The van der Waals surface area contributed by atoms with Crippen LogP contribution in [0.25, 0.3) is 0 Å². The minimum atomic E-state index is -0.453. The van der Waals surface area contributed by atoms with Gasteiger partial charge in [-0.15, -0.1) is 0 Å². The van der Waals surface area contributed by atoms with E-state index >= 15 is 0 Å². The van der Waals surface area contributed by atoms with E-state index in [-0.39, 0.29) is 18.2 Å². The fraction of sp³-hybridized carbons (Fsp3) is 0.0526. The van der Waals surface area contributed by atoms with Crippen LogP contribution >= 0.6 is 15.9 Å². The van der Waals surface area contributed by atoms with Gasteiger partial charge in [-0.1, -0.05) is 24.3 Å². The van der Waals surface area contributed by atoms with Gasteiger partial charge in [0.15, 0.2) is 10.4 Å². The molecule has 0 unspecified atom stereocenters. The molecule has 0 aliphatic heterocycles. The molecule has 7 heteroatoms. The minimum Gasteiger partial charge on any atom is -0.444 e. The number of hydrogen-bond donors (Lipinski definition) is 3.